The number of thiazole rings is 1. The molecule has 0 atom stereocenters. The molecular formula is C21H15N3O3S. The zero-order valence-corrected chi connectivity index (χ0v) is 15.7. The summed E-state index contributed by atoms with van der Waals surface area (Å²) in [5.41, 5.74) is 3.12. The Morgan fingerprint density at radius 2 is 2.04 bits per heavy atom. The van der Waals surface area contributed by atoms with E-state index in [4.69, 9.17) is 0 Å². The molecule has 0 aliphatic heterocycles. The van der Waals surface area contributed by atoms with Crippen molar-refractivity contribution in [2.75, 3.05) is 0 Å². The van der Waals surface area contributed by atoms with E-state index in [0.717, 1.165) is 22.5 Å². The Labute approximate surface area is 164 Å². The minimum Gasteiger partial charge on any atom is -0.477 e. The van der Waals surface area contributed by atoms with Crippen LogP contribution < -0.4 is 5.56 Å². The fourth-order valence-corrected chi connectivity index (χ4v) is 3.94. The van der Waals surface area contributed by atoms with Crippen molar-refractivity contribution in [3.63, 3.8) is 0 Å². The number of aromatic carboxylic acids is 1. The lowest BCUT2D eigenvalue weighted by Gasteiger charge is -2.03. The topological polar surface area (TPSA) is 84.6 Å². The lowest BCUT2D eigenvalue weighted by molar-refractivity contribution is 0.0702. The van der Waals surface area contributed by atoms with Crippen LogP contribution in [0.2, 0.25) is 0 Å². The number of pyridine rings is 1. The highest BCUT2D eigenvalue weighted by Gasteiger charge is 2.21. The van der Waals surface area contributed by atoms with Gasteiger partial charge in [0.2, 0.25) is 0 Å². The summed E-state index contributed by atoms with van der Waals surface area (Å²) in [6, 6.07) is 12.8. The molecule has 6 nitrogen and oxygen atoms in total. The molecule has 138 valence electrons. The quantitative estimate of drug-likeness (QED) is 0.570. The molecule has 0 aliphatic carbocycles. The van der Waals surface area contributed by atoms with Crippen LogP contribution in [-0.2, 0) is 0 Å². The summed E-state index contributed by atoms with van der Waals surface area (Å²) in [5.74, 6) is -1.11. The van der Waals surface area contributed by atoms with Crippen molar-refractivity contribution >= 4 is 34.4 Å². The molecule has 4 aromatic rings. The number of benzene rings is 1. The number of hydrogen-bond donors (Lipinski definition) is 1. The molecule has 3 aromatic heterocycles. The number of carbonyl (C=O) groups is 1. The van der Waals surface area contributed by atoms with Gasteiger partial charge in [0.05, 0.1) is 11.4 Å². The van der Waals surface area contributed by atoms with Gasteiger partial charge in [0, 0.05) is 24.0 Å². The average Bonchev–Trinajstić information content (AvgIpc) is 3.08. The number of hydrogen-bond acceptors (Lipinski definition) is 5. The number of rotatable bonds is 4. The van der Waals surface area contributed by atoms with E-state index < -0.39 is 5.97 Å². The average molecular weight is 389 g/mol. The summed E-state index contributed by atoms with van der Waals surface area (Å²) in [7, 11) is 0. The Kier molecular flexibility index (Phi) is 4.58. The van der Waals surface area contributed by atoms with Crippen LogP contribution >= 0.6 is 11.3 Å². The monoisotopic (exact) mass is 389 g/mol. The third-order valence-electron chi connectivity index (χ3n) is 4.16. The summed E-state index contributed by atoms with van der Waals surface area (Å²) in [4.78, 5) is 33.4. The van der Waals surface area contributed by atoms with Crippen LogP contribution in [0.5, 0.6) is 0 Å². The first kappa shape index (κ1) is 17.8. The van der Waals surface area contributed by atoms with Gasteiger partial charge in [-0.3, -0.25) is 9.78 Å². The van der Waals surface area contributed by atoms with E-state index in [2.05, 4.69) is 9.97 Å². The van der Waals surface area contributed by atoms with Crippen molar-refractivity contribution in [2.24, 2.45) is 0 Å². The zero-order valence-electron chi connectivity index (χ0n) is 14.9. The molecule has 3 heterocycles. The molecule has 0 amide bonds. The van der Waals surface area contributed by atoms with Crippen molar-refractivity contribution < 1.29 is 9.90 Å². The van der Waals surface area contributed by atoms with Gasteiger partial charge in [-0.05, 0) is 30.7 Å². The van der Waals surface area contributed by atoms with E-state index in [0.29, 0.717) is 21.9 Å². The van der Waals surface area contributed by atoms with E-state index >= 15 is 0 Å². The van der Waals surface area contributed by atoms with Gasteiger partial charge in [-0.15, -0.1) is 0 Å². The lowest BCUT2D eigenvalue weighted by atomic mass is 10.1. The van der Waals surface area contributed by atoms with Crippen molar-refractivity contribution in [3.05, 3.63) is 86.9 Å². The first-order chi connectivity index (χ1) is 13.5. The number of aromatic nitrogens is 3. The Hall–Kier alpha value is -3.58. The fourth-order valence-electron chi connectivity index (χ4n) is 2.94. The summed E-state index contributed by atoms with van der Waals surface area (Å²) in [6.07, 6.45) is 6.75. The van der Waals surface area contributed by atoms with Gasteiger partial charge in [-0.1, -0.05) is 47.2 Å². The van der Waals surface area contributed by atoms with Crippen molar-refractivity contribution in [3.8, 4) is 11.3 Å². The fraction of sp³-hybridized carbons (Fsp3) is 0.0476. The Balaban J connectivity index is 1.86. The van der Waals surface area contributed by atoms with Crippen LogP contribution in [-0.4, -0.2) is 25.4 Å². The number of fused-ring (bicyclic) bond motifs is 1. The van der Waals surface area contributed by atoms with Gasteiger partial charge in [-0.2, -0.15) is 0 Å². The van der Waals surface area contributed by atoms with E-state index in [1.807, 2.05) is 37.3 Å². The third-order valence-corrected chi connectivity index (χ3v) is 5.19. The molecule has 1 aromatic carbocycles. The molecule has 0 radical (unpaired) electrons. The predicted octanol–water partition coefficient (Wildman–Crippen LogP) is 4.00. The van der Waals surface area contributed by atoms with E-state index in [1.165, 1.54) is 16.7 Å². The SMILES string of the molecule is Cc1cccc(/C=C/c2cc(=O)n3c(-c4cccnc4)c(C(=O)O)sc3n2)c1. The minimum absolute atomic E-state index is 0.0532. The van der Waals surface area contributed by atoms with Gasteiger partial charge in [0.25, 0.3) is 5.56 Å². The summed E-state index contributed by atoms with van der Waals surface area (Å²) in [5, 5.41) is 9.60. The number of nitrogens with zero attached hydrogens (tertiary/aromatic N) is 3. The van der Waals surface area contributed by atoms with Crippen LogP contribution in [0, 0.1) is 6.92 Å². The number of carboxylic acid groups (broad SMARTS) is 1. The molecule has 1 N–H and O–H groups in total. The summed E-state index contributed by atoms with van der Waals surface area (Å²) in [6.45, 7) is 2.01. The molecule has 0 saturated heterocycles. The zero-order chi connectivity index (χ0) is 19.7. The van der Waals surface area contributed by atoms with Crippen molar-refractivity contribution in [1.29, 1.82) is 0 Å². The first-order valence-electron chi connectivity index (χ1n) is 8.48. The van der Waals surface area contributed by atoms with Crippen LogP contribution in [0.3, 0.4) is 0 Å². The molecule has 7 heteroatoms. The van der Waals surface area contributed by atoms with Gasteiger partial charge >= 0.3 is 5.97 Å². The highest BCUT2D eigenvalue weighted by Crippen LogP contribution is 2.30. The largest absolute Gasteiger partial charge is 0.477 e. The van der Waals surface area contributed by atoms with Gasteiger partial charge in [0.1, 0.15) is 4.88 Å². The normalized spacial score (nSPS) is 11.3. The van der Waals surface area contributed by atoms with Crippen LogP contribution in [0.1, 0.15) is 26.5 Å². The standard InChI is InChI=1S/C21H15N3O3S/c1-13-4-2-5-14(10-13)7-8-16-11-17(25)24-18(15-6-3-9-22-12-15)19(20(26)27)28-21(24)23-16/h2-12H,1H3,(H,26,27)/b8-7+. The Bertz CT molecular complexity index is 1270. The third kappa shape index (κ3) is 3.35. The predicted molar refractivity (Wildman–Crippen MR) is 110 cm³/mol. The number of aryl methyl sites for hydroxylation is 1. The molecule has 0 spiro atoms. The maximum absolute atomic E-state index is 12.8. The van der Waals surface area contributed by atoms with E-state index in [9.17, 15) is 14.7 Å². The Morgan fingerprint density at radius 1 is 1.18 bits per heavy atom. The molecule has 0 bridgehead atoms. The Morgan fingerprint density at radius 3 is 2.75 bits per heavy atom. The van der Waals surface area contributed by atoms with Crippen molar-refractivity contribution in [1.82, 2.24) is 14.4 Å². The highest BCUT2D eigenvalue weighted by molar-refractivity contribution is 7.19. The molecule has 28 heavy (non-hydrogen) atoms. The molecule has 0 saturated carbocycles. The van der Waals surface area contributed by atoms with Gasteiger partial charge in [-0.25, -0.2) is 14.2 Å². The van der Waals surface area contributed by atoms with Gasteiger partial charge < -0.3 is 5.11 Å². The molecule has 0 aliphatic rings. The summed E-state index contributed by atoms with van der Waals surface area (Å²) < 4.78 is 1.33. The molecular weight excluding hydrogens is 374 g/mol. The molecule has 0 fully saturated rings. The second kappa shape index (κ2) is 7.21. The lowest BCUT2D eigenvalue weighted by Crippen LogP contribution is -2.14. The summed E-state index contributed by atoms with van der Waals surface area (Å²) >= 11 is 0.970. The van der Waals surface area contributed by atoms with Crippen molar-refractivity contribution in [2.45, 2.75) is 6.92 Å². The molecule has 0 unspecified atom stereocenters. The van der Waals surface area contributed by atoms with Crippen LogP contribution in [0.4, 0.5) is 0 Å². The smallest absolute Gasteiger partial charge is 0.348 e. The molecule has 4 rings (SSSR count). The maximum Gasteiger partial charge on any atom is 0.348 e. The maximum atomic E-state index is 12.8. The minimum atomic E-state index is -1.11. The second-order valence-corrected chi connectivity index (χ2v) is 7.19. The van der Waals surface area contributed by atoms with E-state index in [1.54, 1.807) is 24.4 Å². The number of carboxylic acids is 1. The van der Waals surface area contributed by atoms with E-state index in [-0.39, 0.29) is 10.4 Å². The second-order valence-electron chi connectivity index (χ2n) is 6.21. The van der Waals surface area contributed by atoms with Gasteiger partial charge in [0.15, 0.2) is 4.96 Å². The van der Waals surface area contributed by atoms with Crippen LogP contribution in [0.15, 0.2) is 59.7 Å². The first-order valence-corrected chi connectivity index (χ1v) is 9.29. The van der Waals surface area contributed by atoms with Crippen LogP contribution in [0.25, 0.3) is 28.4 Å². The highest BCUT2D eigenvalue weighted by atomic mass is 32.1.